The van der Waals surface area contributed by atoms with Crippen molar-refractivity contribution in [1.29, 1.82) is 0 Å². The van der Waals surface area contributed by atoms with E-state index in [1.807, 2.05) is 12.1 Å². The Morgan fingerprint density at radius 2 is 1.11 bits per heavy atom. The highest BCUT2D eigenvalue weighted by Gasteiger charge is 2.29. The molecule has 0 fully saturated rings. The first-order chi connectivity index (χ1) is 26.3. The molecule has 0 spiro atoms. The molecule has 2 aromatic heterocycles. The molecule has 2 heterocycles. The summed E-state index contributed by atoms with van der Waals surface area (Å²) in [5.41, 5.74) is 10.9. The van der Waals surface area contributed by atoms with Gasteiger partial charge in [0, 0.05) is 44.4 Å². The highest BCUT2D eigenvalue weighted by molar-refractivity contribution is 6.06. The first kappa shape index (κ1) is 29.8. The lowest BCUT2D eigenvalue weighted by molar-refractivity contribution is 0.590. The Morgan fingerprint density at radius 1 is 0.453 bits per heavy atom. The second-order valence-corrected chi connectivity index (χ2v) is 14.0. The van der Waals surface area contributed by atoms with Crippen LogP contribution in [0.1, 0.15) is 29.2 Å². The molecule has 0 aliphatic heterocycles. The third-order valence-electron chi connectivity index (χ3n) is 11.0. The highest BCUT2D eigenvalue weighted by Crippen LogP contribution is 2.48. The van der Waals surface area contributed by atoms with Crippen LogP contribution in [-0.2, 0) is 0 Å². The van der Waals surface area contributed by atoms with Crippen LogP contribution in [0.2, 0.25) is 0 Å². The van der Waals surface area contributed by atoms with Crippen molar-refractivity contribution in [1.82, 2.24) is 0 Å². The predicted octanol–water partition coefficient (Wildman–Crippen LogP) is 14.3. The van der Waals surface area contributed by atoms with Gasteiger partial charge in [-0.05, 0) is 99.9 Å². The number of rotatable bonds is 5. The van der Waals surface area contributed by atoms with E-state index in [0.717, 1.165) is 67.9 Å². The van der Waals surface area contributed by atoms with Gasteiger partial charge < -0.3 is 13.7 Å². The molecule has 0 N–H and O–H groups in total. The van der Waals surface area contributed by atoms with E-state index in [0.29, 0.717) is 0 Å². The molecule has 1 unspecified atom stereocenters. The third-order valence-corrected chi connectivity index (χ3v) is 11.0. The molecule has 11 rings (SSSR count). The topological polar surface area (TPSA) is 29.5 Å². The van der Waals surface area contributed by atoms with Crippen LogP contribution in [-0.4, -0.2) is 0 Å². The Balaban J connectivity index is 1.07. The lowest BCUT2D eigenvalue weighted by Gasteiger charge is -2.31. The van der Waals surface area contributed by atoms with E-state index >= 15 is 0 Å². The van der Waals surface area contributed by atoms with Crippen LogP contribution in [0.15, 0.2) is 185 Å². The summed E-state index contributed by atoms with van der Waals surface area (Å²) in [4.78, 5) is 2.44. The Hall–Kier alpha value is -6.84. The first-order valence-electron chi connectivity index (χ1n) is 18.3. The zero-order valence-electron chi connectivity index (χ0n) is 28.9. The average Bonchev–Trinajstić information content (AvgIpc) is 3.78. The summed E-state index contributed by atoms with van der Waals surface area (Å²) in [6.45, 7) is 0. The van der Waals surface area contributed by atoms with Crippen LogP contribution < -0.4 is 4.90 Å². The third kappa shape index (κ3) is 4.82. The van der Waals surface area contributed by atoms with Gasteiger partial charge in [-0.25, -0.2) is 0 Å². The summed E-state index contributed by atoms with van der Waals surface area (Å²) in [7, 11) is 0. The summed E-state index contributed by atoms with van der Waals surface area (Å²) in [5.74, 6) is 1.06. The van der Waals surface area contributed by atoms with Crippen LogP contribution >= 0.6 is 0 Å². The first-order valence-corrected chi connectivity index (χ1v) is 18.3. The van der Waals surface area contributed by atoms with Crippen LogP contribution in [0.5, 0.6) is 0 Å². The van der Waals surface area contributed by atoms with Crippen LogP contribution in [0, 0.1) is 0 Å². The highest BCUT2D eigenvalue weighted by atomic mass is 16.3. The second kappa shape index (κ2) is 11.9. The zero-order valence-corrected chi connectivity index (χ0v) is 28.9. The molecule has 0 saturated heterocycles. The summed E-state index contributed by atoms with van der Waals surface area (Å²) < 4.78 is 12.8. The Labute approximate surface area is 306 Å². The lowest BCUT2D eigenvalue weighted by Crippen LogP contribution is -2.15. The van der Waals surface area contributed by atoms with E-state index in [-0.39, 0.29) is 5.92 Å². The summed E-state index contributed by atoms with van der Waals surface area (Å²) in [6, 6.07) is 61.0. The lowest BCUT2D eigenvalue weighted by atomic mass is 9.82. The summed E-state index contributed by atoms with van der Waals surface area (Å²) in [6.07, 6.45) is 5.31. The Kier molecular flexibility index (Phi) is 6.68. The number of furan rings is 2. The number of allylic oxidation sites excluding steroid dienone is 1. The van der Waals surface area contributed by atoms with Gasteiger partial charge in [0.1, 0.15) is 22.5 Å². The number of hydrogen-bond donors (Lipinski definition) is 0. The molecule has 250 valence electrons. The van der Waals surface area contributed by atoms with Gasteiger partial charge in [0.05, 0.1) is 5.69 Å². The molecule has 0 amide bonds. The van der Waals surface area contributed by atoms with Gasteiger partial charge in [0.2, 0.25) is 0 Å². The van der Waals surface area contributed by atoms with E-state index in [1.165, 1.54) is 38.1 Å². The van der Waals surface area contributed by atoms with Crippen LogP contribution in [0.3, 0.4) is 0 Å². The number of benzene rings is 8. The fourth-order valence-corrected chi connectivity index (χ4v) is 8.52. The molecule has 53 heavy (non-hydrogen) atoms. The molecule has 1 aliphatic rings. The van der Waals surface area contributed by atoms with Crippen molar-refractivity contribution in [2.75, 3.05) is 4.90 Å². The maximum atomic E-state index is 6.57. The van der Waals surface area contributed by atoms with E-state index in [9.17, 15) is 0 Å². The smallest absolute Gasteiger partial charge is 0.136 e. The number of hydrogen-bond acceptors (Lipinski definition) is 3. The minimum absolute atomic E-state index is 0.112. The van der Waals surface area contributed by atoms with Crippen molar-refractivity contribution in [2.24, 2.45) is 0 Å². The SMILES string of the molecule is C1=Cc2oc3cc4ccccc4cc3c2C(c2ccccc2N(c2ccc(-c3ccc4c(c3)oc3ccccc34)cc2)c2cccc3ccccc23)C1. The molecule has 0 saturated carbocycles. The van der Waals surface area contributed by atoms with Crippen LogP contribution in [0.25, 0.3) is 71.7 Å². The molecule has 3 nitrogen and oxygen atoms in total. The van der Waals surface area contributed by atoms with Crippen LogP contribution in [0.4, 0.5) is 17.1 Å². The van der Waals surface area contributed by atoms with Gasteiger partial charge in [-0.2, -0.15) is 0 Å². The van der Waals surface area contributed by atoms with E-state index in [2.05, 4.69) is 175 Å². The normalized spacial score (nSPS) is 14.1. The monoisotopic (exact) mass is 679 g/mol. The zero-order chi connectivity index (χ0) is 34.9. The number of nitrogens with zero attached hydrogens (tertiary/aromatic N) is 1. The summed E-state index contributed by atoms with van der Waals surface area (Å²) >= 11 is 0. The number of anilines is 3. The molecular weight excluding hydrogens is 647 g/mol. The minimum atomic E-state index is 0.112. The van der Waals surface area contributed by atoms with Crippen molar-refractivity contribution >= 4 is 77.6 Å². The van der Waals surface area contributed by atoms with Gasteiger partial charge in [-0.1, -0.05) is 121 Å². The largest absolute Gasteiger partial charge is 0.456 e. The van der Waals surface area contributed by atoms with Gasteiger partial charge in [-0.15, -0.1) is 0 Å². The standard InChI is InChI=1S/C50H33NO2/c1-2-13-35-30-49-43(29-34(35)12-1)50-42(18-10-22-47(50)53-49)39-16-5-7-19-45(39)51(44-20-9-14-33-11-3-4-15-38(33)44)37-26-23-32(24-27-37)36-25-28-41-40-17-6-8-21-46(40)52-48(41)31-36/h1-17,19-31,42H,18H2. The van der Waals surface area contributed by atoms with Crippen molar-refractivity contribution in [3.63, 3.8) is 0 Å². The molecule has 1 atom stereocenters. The van der Waals surface area contributed by atoms with Crippen molar-refractivity contribution < 1.29 is 8.83 Å². The molecule has 10 aromatic rings. The summed E-state index contributed by atoms with van der Waals surface area (Å²) in [5, 5.41) is 8.29. The van der Waals surface area contributed by atoms with Gasteiger partial charge in [0.25, 0.3) is 0 Å². The van der Waals surface area contributed by atoms with Gasteiger partial charge >= 0.3 is 0 Å². The Bertz CT molecular complexity index is 3050. The van der Waals surface area contributed by atoms with Gasteiger partial charge in [0.15, 0.2) is 0 Å². The van der Waals surface area contributed by atoms with E-state index in [1.54, 1.807) is 0 Å². The molecule has 0 radical (unpaired) electrons. The maximum Gasteiger partial charge on any atom is 0.136 e. The Morgan fingerprint density at radius 3 is 2.00 bits per heavy atom. The number of fused-ring (bicyclic) bond motifs is 8. The molecule has 0 bridgehead atoms. The predicted molar refractivity (Wildman–Crippen MR) is 221 cm³/mol. The fraction of sp³-hybridized carbons (Fsp3) is 0.0400. The van der Waals surface area contributed by atoms with E-state index < -0.39 is 0 Å². The molecular formula is C50H33NO2. The van der Waals surface area contributed by atoms with Crippen molar-refractivity contribution in [3.8, 4) is 11.1 Å². The van der Waals surface area contributed by atoms with E-state index in [4.69, 9.17) is 8.83 Å². The molecule has 1 aliphatic carbocycles. The quantitative estimate of drug-likeness (QED) is 0.181. The minimum Gasteiger partial charge on any atom is -0.456 e. The molecule has 8 aromatic carbocycles. The van der Waals surface area contributed by atoms with Crippen molar-refractivity contribution in [2.45, 2.75) is 12.3 Å². The second-order valence-electron chi connectivity index (χ2n) is 14.0. The van der Waals surface area contributed by atoms with Gasteiger partial charge in [-0.3, -0.25) is 0 Å². The average molecular weight is 680 g/mol. The fourth-order valence-electron chi connectivity index (χ4n) is 8.52. The van der Waals surface area contributed by atoms with Crippen molar-refractivity contribution in [3.05, 3.63) is 193 Å². The molecule has 3 heteroatoms. The maximum absolute atomic E-state index is 6.57. The number of para-hydroxylation sites is 2.